The molecule has 0 bridgehead atoms. The number of halogens is 1. The third kappa shape index (κ3) is 3.49. The summed E-state index contributed by atoms with van der Waals surface area (Å²) in [5.74, 6) is -1.46. The van der Waals surface area contributed by atoms with Gasteiger partial charge in [0.15, 0.2) is 5.56 Å². The second kappa shape index (κ2) is 6.23. The molecule has 0 amide bonds. The van der Waals surface area contributed by atoms with Crippen molar-refractivity contribution < 1.29 is 19.6 Å². The predicted molar refractivity (Wildman–Crippen MR) is 75.8 cm³/mol. The van der Waals surface area contributed by atoms with Crippen molar-refractivity contribution in [2.75, 3.05) is 0 Å². The van der Waals surface area contributed by atoms with E-state index in [2.05, 4.69) is 0 Å². The molecule has 2 aromatic rings. The van der Waals surface area contributed by atoms with E-state index in [0.29, 0.717) is 5.02 Å². The van der Waals surface area contributed by atoms with Crippen LogP contribution in [0.1, 0.15) is 15.9 Å². The number of carbonyl (C=O) groups is 1. The molecule has 0 aliphatic heterocycles. The van der Waals surface area contributed by atoms with Gasteiger partial charge < -0.3 is 9.84 Å². The Labute approximate surface area is 124 Å². The summed E-state index contributed by atoms with van der Waals surface area (Å²) in [4.78, 5) is 21.3. The second-order valence-electron chi connectivity index (χ2n) is 4.13. The highest BCUT2D eigenvalue weighted by molar-refractivity contribution is 6.30. The number of ether oxygens (including phenoxy) is 1. The molecule has 0 heterocycles. The van der Waals surface area contributed by atoms with Crippen LogP contribution in [0.25, 0.3) is 0 Å². The summed E-state index contributed by atoms with van der Waals surface area (Å²) in [5, 5.41) is 20.6. The minimum atomic E-state index is -1.41. The van der Waals surface area contributed by atoms with E-state index in [9.17, 15) is 14.9 Å². The first-order valence-electron chi connectivity index (χ1n) is 5.87. The molecular formula is C14H10ClNO5. The molecule has 0 unspecified atom stereocenters. The van der Waals surface area contributed by atoms with Gasteiger partial charge >= 0.3 is 5.97 Å². The van der Waals surface area contributed by atoms with Crippen LogP contribution in [0.2, 0.25) is 5.02 Å². The fourth-order valence-electron chi connectivity index (χ4n) is 1.75. The van der Waals surface area contributed by atoms with Crippen LogP contribution in [-0.4, -0.2) is 16.0 Å². The standard InChI is InChI=1S/C14H10ClNO5/c15-10-6-4-9(5-7-10)8-21-12-3-1-2-11(16(19)20)13(12)14(17)18/h1-7H,8H2,(H,17,18). The molecule has 0 fully saturated rings. The Bertz CT molecular complexity index is 684. The summed E-state index contributed by atoms with van der Waals surface area (Å²) in [5.41, 5.74) is -0.199. The van der Waals surface area contributed by atoms with Gasteiger partial charge in [-0.05, 0) is 23.8 Å². The number of nitro groups is 1. The lowest BCUT2D eigenvalue weighted by molar-refractivity contribution is -0.385. The van der Waals surface area contributed by atoms with Crippen molar-refractivity contribution in [2.45, 2.75) is 6.61 Å². The topological polar surface area (TPSA) is 89.7 Å². The fraction of sp³-hybridized carbons (Fsp3) is 0.0714. The van der Waals surface area contributed by atoms with Crippen LogP contribution >= 0.6 is 11.6 Å². The van der Waals surface area contributed by atoms with Crippen LogP contribution in [0, 0.1) is 10.1 Å². The number of nitro benzene ring substituents is 1. The number of carboxylic acid groups (broad SMARTS) is 1. The van der Waals surface area contributed by atoms with Crippen molar-refractivity contribution >= 4 is 23.3 Å². The van der Waals surface area contributed by atoms with E-state index in [1.807, 2.05) is 0 Å². The number of nitrogens with zero attached hydrogens (tertiary/aromatic N) is 1. The normalized spacial score (nSPS) is 10.1. The summed E-state index contributed by atoms with van der Waals surface area (Å²) in [6.45, 7) is 0.0820. The summed E-state index contributed by atoms with van der Waals surface area (Å²) in [6.07, 6.45) is 0. The zero-order valence-electron chi connectivity index (χ0n) is 10.7. The third-order valence-electron chi connectivity index (χ3n) is 2.72. The van der Waals surface area contributed by atoms with Crippen LogP contribution in [0.3, 0.4) is 0 Å². The lowest BCUT2D eigenvalue weighted by Gasteiger charge is -2.09. The van der Waals surface area contributed by atoms with Gasteiger partial charge in [0.05, 0.1) is 4.92 Å². The van der Waals surface area contributed by atoms with E-state index in [4.69, 9.17) is 21.4 Å². The molecule has 0 aliphatic carbocycles. The lowest BCUT2D eigenvalue weighted by atomic mass is 10.1. The van der Waals surface area contributed by atoms with Gasteiger partial charge in [-0.25, -0.2) is 4.79 Å². The first-order valence-corrected chi connectivity index (χ1v) is 6.25. The Balaban J connectivity index is 2.27. The Morgan fingerprint density at radius 2 is 1.90 bits per heavy atom. The summed E-state index contributed by atoms with van der Waals surface area (Å²) in [7, 11) is 0. The average Bonchev–Trinajstić information content (AvgIpc) is 2.46. The number of benzene rings is 2. The minimum Gasteiger partial charge on any atom is -0.488 e. The average molecular weight is 308 g/mol. The number of aromatic carboxylic acids is 1. The number of carboxylic acids is 1. The number of hydrogen-bond donors (Lipinski definition) is 1. The molecular weight excluding hydrogens is 298 g/mol. The first-order chi connectivity index (χ1) is 9.99. The zero-order chi connectivity index (χ0) is 15.4. The molecule has 0 radical (unpaired) electrons. The van der Waals surface area contributed by atoms with Crippen LogP contribution in [0.15, 0.2) is 42.5 Å². The van der Waals surface area contributed by atoms with Crippen molar-refractivity contribution in [1.29, 1.82) is 0 Å². The molecule has 0 spiro atoms. The number of hydrogen-bond acceptors (Lipinski definition) is 4. The maximum atomic E-state index is 11.2. The molecule has 0 saturated carbocycles. The highest BCUT2D eigenvalue weighted by Crippen LogP contribution is 2.29. The summed E-state index contributed by atoms with van der Waals surface area (Å²) < 4.78 is 5.39. The van der Waals surface area contributed by atoms with Gasteiger partial charge in [-0.15, -0.1) is 0 Å². The molecule has 0 saturated heterocycles. The Hall–Kier alpha value is -2.60. The lowest BCUT2D eigenvalue weighted by Crippen LogP contribution is -2.07. The van der Waals surface area contributed by atoms with Crippen molar-refractivity contribution in [1.82, 2.24) is 0 Å². The molecule has 7 heteroatoms. The van der Waals surface area contributed by atoms with E-state index in [1.54, 1.807) is 24.3 Å². The maximum Gasteiger partial charge on any atom is 0.346 e. The van der Waals surface area contributed by atoms with Gasteiger partial charge in [-0.1, -0.05) is 29.8 Å². The molecule has 2 rings (SSSR count). The fourth-order valence-corrected chi connectivity index (χ4v) is 1.87. The highest BCUT2D eigenvalue weighted by atomic mass is 35.5. The molecule has 0 aliphatic rings. The van der Waals surface area contributed by atoms with Gasteiger partial charge in [-0.3, -0.25) is 10.1 Å². The van der Waals surface area contributed by atoms with Crippen molar-refractivity contribution in [3.8, 4) is 5.75 Å². The van der Waals surface area contributed by atoms with Crippen molar-refractivity contribution in [3.63, 3.8) is 0 Å². The van der Waals surface area contributed by atoms with Crippen molar-refractivity contribution in [2.24, 2.45) is 0 Å². The molecule has 1 N–H and O–H groups in total. The first kappa shape index (κ1) is 14.8. The van der Waals surface area contributed by atoms with Gasteiger partial charge in [-0.2, -0.15) is 0 Å². The van der Waals surface area contributed by atoms with Gasteiger partial charge in [0.25, 0.3) is 5.69 Å². The van der Waals surface area contributed by atoms with Gasteiger partial charge in [0.2, 0.25) is 0 Å². The Morgan fingerprint density at radius 3 is 2.48 bits per heavy atom. The Kier molecular flexibility index (Phi) is 4.39. The van der Waals surface area contributed by atoms with Crippen LogP contribution in [0.5, 0.6) is 5.75 Å². The largest absolute Gasteiger partial charge is 0.488 e. The second-order valence-corrected chi connectivity index (χ2v) is 4.56. The van der Waals surface area contributed by atoms with Crippen LogP contribution in [-0.2, 0) is 6.61 Å². The van der Waals surface area contributed by atoms with E-state index < -0.39 is 22.1 Å². The van der Waals surface area contributed by atoms with E-state index in [1.165, 1.54) is 12.1 Å². The van der Waals surface area contributed by atoms with Crippen LogP contribution in [0.4, 0.5) is 5.69 Å². The molecule has 0 aromatic heterocycles. The monoisotopic (exact) mass is 307 g/mol. The van der Waals surface area contributed by atoms with Crippen LogP contribution < -0.4 is 4.74 Å². The van der Waals surface area contributed by atoms with E-state index in [0.717, 1.165) is 11.6 Å². The van der Waals surface area contributed by atoms with Gasteiger partial charge in [0, 0.05) is 11.1 Å². The summed E-state index contributed by atoms with van der Waals surface area (Å²) >= 11 is 5.76. The summed E-state index contributed by atoms with van der Waals surface area (Å²) in [6, 6.07) is 10.7. The number of rotatable bonds is 5. The minimum absolute atomic E-state index is 0.0494. The third-order valence-corrected chi connectivity index (χ3v) is 2.97. The molecule has 108 valence electrons. The van der Waals surface area contributed by atoms with E-state index in [-0.39, 0.29) is 12.4 Å². The smallest absolute Gasteiger partial charge is 0.346 e. The van der Waals surface area contributed by atoms with E-state index >= 15 is 0 Å². The highest BCUT2D eigenvalue weighted by Gasteiger charge is 2.24. The van der Waals surface area contributed by atoms with Crippen molar-refractivity contribution in [3.05, 3.63) is 68.7 Å². The quantitative estimate of drug-likeness (QED) is 0.674. The zero-order valence-corrected chi connectivity index (χ0v) is 11.4. The Morgan fingerprint density at radius 1 is 1.24 bits per heavy atom. The predicted octanol–water partition coefficient (Wildman–Crippen LogP) is 3.53. The van der Waals surface area contributed by atoms with Gasteiger partial charge in [0.1, 0.15) is 12.4 Å². The molecule has 6 nitrogen and oxygen atoms in total. The molecule has 0 atom stereocenters. The SMILES string of the molecule is O=C(O)c1c(OCc2ccc(Cl)cc2)cccc1[N+](=O)[O-]. The maximum absolute atomic E-state index is 11.2. The molecule has 21 heavy (non-hydrogen) atoms. The molecule has 2 aromatic carbocycles.